The molecule has 6 N–H and O–H groups in total. The van der Waals surface area contributed by atoms with Crippen LogP contribution in [0.4, 0.5) is 0 Å². The second-order valence-corrected chi connectivity index (χ2v) is 3.56. The Kier molecular flexibility index (Phi) is 12.9. The number of carboxylic acids is 1. The SMILES string of the molecule is CC(=O)O.CC(O)N(CCNCCN)C(C)O. The molecule has 0 heterocycles. The fraction of sp³-hybridized carbons (Fsp3) is 0.900. The highest BCUT2D eigenvalue weighted by Gasteiger charge is 2.14. The zero-order valence-electron chi connectivity index (χ0n) is 10.8. The fourth-order valence-corrected chi connectivity index (χ4v) is 1.12. The van der Waals surface area contributed by atoms with E-state index >= 15 is 0 Å². The summed E-state index contributed by atoms with van der Waals surface area (Å²) in [6, 6.07) is 0. The van der Waals surface area contributed by atoms with Gasteiger partial charge >= 0.3 is 0 Å². The summed E-state index contributed by atoms with van der Waals surface area (Å²) in [5.41, 5.74) is 5.29. The first kappa shape index (κ1) is 18.6. The standard InChI is InChI=1S/C8H21N3O2.C2H4O2/c1-7(12)11(8(2)13)6-5-10-4-3-9;1-2(3)4/h7-8,10,12-13H,3-6,9H2,1-2H3;1H3,(H,3,4). The van der Waals surface area contributed by atoms with Crippen molar-refractivity contribution in [1.82, 2.24) is 10.2 Å². The fourth-order valence-electron chi connectivity index (χ4n) is 1.12. The summed E-state index contributed by atoms with van der Waals surface area (Å²) in [5.74, 6) is -0.833. The monoisotopic (exact) mass is 251 g/mol. The van der Waals surface area contributed by atoms with Gasteiger partial charge in [-0.2, -0.15) is 0 Å². The normalized spacial score (nSPS) is 13.8. The van der Waals surface area contributed by atoms with Crippen LogP contribution in [-0.2, 0) is 4.79 Å². The molecule has 0 saturated heterocycles. The van der Waals surface area contributed by atoms with E-state index in [0.717, 1.165) is 13.5 Å². The van der Waals surface area contributed by atoms with E-state index in [1.54, 1.807) is 18.7 Å². The van der Waals surface area contributed by atoms with E-state index in [4.69, 9.17) is 15.6 Å². The quantitative estimate of drug-likeness (QED) is 0.279. The molecule has 2 unspecified atom stereocenters. The summed E-state index contributed by atoms with van der Waals surface area (Å²) in [6.07, 6.45) is -1.25. The lowest BCUT2D eigenvalue weighted by molar-refractivity contribution is -0.134. The van der Waals surface area contributed by atoms with Crippen molar-refractivity contribution >= 4 is 5.97 Å². The minimum absolute atomic E-state index is 0.601. The summed E-state index contributed by atoms with van der Waals surface area (Å²) in [6.45, 7) is 7.03. The van der Waals surface area contributed by atoms with Gasteiger partial charge in [0.15, 0.2) is 0 Å². The van der Waals surface area contributed by atoms with E-state index in [1.807, 2.05) is 0 Å². The number of rotatable bonds is 7. The Bertz CT molecular complexity index is 176. The number of nitrogens with zero attached hydrogens (tertiary/aromatic N) is 1. The molecule has 104 valence electrons. The van der Waals surface area contributed by atoms with Crippen LogP contribution in [0.5, 0.6) is 0 Å². The first-order valence-corrected chi connectivity index (χ1v) is 5.55. The number of aliphatic carboxylic acids is 1. The van der Waals surface area contributed by atoms with E-state index in [9.17, 15) is 10.2 Å². The second-order valence-electron chi connectivity index (χ2n) is 3.56. The van der Waals surface area contributed by atoms with Gasteiger partial charge in [-0.15, -0.1) is 0 Å². The van der Waals surface area contributed by atoms with Crippen molar-refractivity contribution in [2.75, 3.05) is 26.2 Å². The Hall–Kier alpha value is -0.730. The van der Waals surface area contributed by atoms with Crippen LogP contribution >= 0.6 is 0 Å². The maximum atomic E-state index is 9.25. The third-order valence-corrected chi connectivity index (χ3v) is 1.83. The lowest BCUT2D eigenvalue weighted by Gasteiger charge is -2.27. The van der Waals surface area contributed by atoms with E-state index < -0.39 is 18.4 Å². The highest BCUT2D eigenvalue weighted by atomic mass is 16.4. The summed E-state index contributed by atoms with van der Waals surface area (Å²) in [5, 5.41) is 29.0. The number of hydrogen-bond donors (Lipinski definition) is 5. The Labute approximate surface area is 102 Å². The van der Waals surface area contributed by atoms with Gasteiger partial charge in [-0.1, -0.05) is 0 Å². The predicted molar refractivity (Wildman–Crippen MR) is 65.3 cm³/mol. The largest absolute Gasteiger partial charge is 0.481 e. The minimum Gasteiger partial charge on any atom is -0.481 e. The van der Waals surface area contributed by atoms with E-state index in [2.05, 4.69) is 5.32 Å². The van der Waals surface area contributed by atoms with Gasteiger partial charge in [-0.25, -0.2) is 0 Å². The number of hydrogen-bond acceptors (Lipinski definition) is 6. The van der Waals surface area contributed by atoms with Crippen LogP contribution in [0.15, 0.2) is 0 Å². The molecule has 0 aromatic carbocycles. The van der Waals surface area contributed by atoms with Crippen LogP contribution in [0.1, 0.15) is 20.8 Å². The molecule has 0 bridgehead atoms. The van der Waals surface area contributed by atoms with Crippen molar-refractivity contribution in [2.45, 2.75) is 33.2 Å². The van der Waals surface area contributed by atoms with Crippen molar-refractivity contribution in [3.05, 3.63) is 0 Å². The number of nitrogens with two attached hydrogens (primary N) is 1. The van der Waals surface area contributed by atoms with Gasteiger partial charge < -0.3 is 26.4 Å². The molecule has 0 radical (unpaired) electrons. The van der Waals surface area contributed by atoms with Crippen LogP contribution in [0, 0.1) is 0 Å². The van der Waals surface area contributed by atoms with Crippen LogP contribution in [0.25, 0.3) is 0 Å². The predicted octanol–water partition coefficient (Wildman–Crippen LogP) is -1.40. The molecule has 0 aromatic rings. The van der Waals surface area contributed by atoms with Gasteiger partial charge in [0.05, 0.1) is 0 Å². The van der Waals surface area contributed by atoms with Crippen molar-refractivity contribution in [3.8, 4) is 0 Å². The summed E-state index contributed by atoms with van der Waals surface area (Å²) >= 11 is 0. The molecular formula is C10H25N3O4. The number of aliphatic hydroxyl groups is 2. The maximum absolute atomic E-state index is 9.25. The van der Waals surface area contributed by atoms with Gasteiger partial charge in [0.25, 0.3) is 5.97 Å². The third kappa shape index (κ3) is 15.3. The molecule has 17 heavy (non-hydrogen) atoms. The summed E-state index contributed by atoms with van der Waals surface area (Å²) < 4.78 is 0. The molecule has 0 aliphatic rings. The van der Waals surface area contributed by atoms with E-state index in [-0.39, 0.29) is 0 Å². The Morgan fingerprint density at radius 2 is 1.71 bits per heavy atom. The van der Waals surface area contributed by atoms with E-state index in [1.165, 1.54) is 0 Å². The molecule has 0 aliphatic carbocycles. The number of aliphatic hydroxyl groups excluding tert-OH is 2. The first-order valence-electron chi connectivity index (χ1n) is 5.55. The Balaban J connectivity index is 0. The van der Waals surface area contributed by atoms with Gasteiger partial charge in [-0.3, -0.25) is 9.69 Å². The molecular weight excluding hydrogens is 226 g/mol. The van der Waals surface area contributed by atoms with Gasteiger partial charge in [0, 0.05) is 33.1 Å². The van der Waals surface area contributed by atoms with Crippen molar-refractivity contribution < 1.29 is 20.1 Å². The third-order valence-electron chi connectivity index (χ3n) is 1.83. The van der Waals surface area contributed by atoms with Crippen molar-refractivity contribution in [3.63, 3.8) is 0 Å². The molecule has 0 aliphatic heterocycles. The zero-order valence-corrected chi connectivity index (χ0v) is 10.8. The molecule has 0 spiro atoms. The van der Waals surface area contributed by atoms with Crippen LogP contribution in [0.3, 0.4) is 0 Å². The van der Waals surface area contributed by atoms with Crippen LogP contribution in [-0.4, -0.2) is 64.8 Å². The minimum atomic E-state index is -0.833. The topological polar surface area (TPSA) is 119 Å². The average Bonchev–Trinajstić information content (AvgIpc) is 2.15. The molecule has 7 heteroatoms. The van der Waals surface area contributed by atoms with E-state index in [0.29, 0.717) is 19.6 Å². The van der Waals surface area contributed by atoms with Crippen LogP contribution < -0.4 is 11.1 Å². The molecule has 2 atom stereocenters. The van der Waals surface area contributed by atoms with Crippen LogP contribution in [0.2, 0.25) is 0 Å². The second kappa shape index (κ2) is 11.7. The molecule has 0 aromatic heterocycles. The number of carbonyl (C=O) groups is 1. The highest BCUT2D eigenvalue weighted by molar-refractivity contribution is 5.62. The van der Waals surface area contributed by atoms with Gasteiger partial charge in [0.2, 0.25) is 0 Å². The smallest absolute Gasteiger partial charge is 0.300 e. The molecule has 0 amide bonds. The molecule has 0 fully saturated rings. The lowest BCUT2D eigenvalue weighted by Crippen LogP contribution is -2.44. The maximum Gasteiger partial charge on any atom is 0.300 e. The van der Waals surface area contributed by atoms with Crippen molar-refractivity contribution in [1.29, 1.82) is 0 Å². The average molecular weight is 251 g/mol. The molecule has 7 nitrogen and oxygen atoms in total. The summed E-state index contributed by atoms with van der Waals surface area (Å²) in [7, 11) is 0. The zero-order chi connectivity index (χ0) is 13.8. The molecule has 0 saturated carbocycles. The number of carboxylic acid groups (broad SMARTS) is 1. The Morgan fingerprint density at radius 3 is 2.00 bits per heavy atom. The Morgan fingerprint density at radius 1 is 1.29 bits per heavy atom. The lowest BCUT2D eigenvalue weighted by atomic mass is 10.4. The first-order chi connectivity index (χ1) is 7.82. The molecule has 0 rings (SSSR count). The van der Waals surface area contributed by atoms with Gasteiger partial charge in [-0.05, 0) is 13.8 Å². The number of nitrogens with one attached hydrogen (secondary N) is 1. The van der Waals surface area contributed by atoms with Crippen molar-refractivity contribution in [2.24, 2.45) is 5.73 Å². The summed E-state index contributed by atoms with van der Waals surface area (Å²) in [4.78, 5) is 10.6. The highest BCUT2D eigenvalue weighted by Crippen LogP contribution is 1.98. The van der Waals surface area contributed by atoms with Gasteiger partial charge in [0.1, 0.15) is 12.5 Å².